The number of para-hydroxylation sites is 1. The third-order valence-electron chi connectivity index (χ3n) is 2.49. The van der Waals surface area contributed by atoms with Crippen molar-refractivity contribution in [3.05, 3.63) is 40.4 Å². The molecule has 0 aliphatic heterocycles. The van der Waals surface area contributed by atoms with Crippen LogP contribution in [0.4, 0.5) is 0 Å². The van der Waals surface area contributed by atoms with Crippen LogP contribution in [0.25, 0.3) is 11.3 Å². The summed E-state index contributed by atoms with van der Waals surface area (Å²) in [6, 6.07) is 7.06. The molecule has 1 aromatic heterocycles. The smallest absolute Gasteiger partial charge is 0.356 e. The van der Waals surface area contributed by atoms with Crippen LogP contribution in [0.1, 0.15) is 10.5 Å². The summed E-state index contributed by atoms with van der Waals surface area (Å²) < 4.78 is 9.80. The van der Waals surface area contributed by atoms with Crippen LogP contribution in [0.2, 0.25) is 0 Å². The van der Waals surface area contributed by atoms with Gasteiger partial charge in [-0.1, -0.05) is 12.1 Å². The van der Waals surface area contributed by atoms with Gasteiger partial charge in [0.1, 0.15) is 5.75 Å². The van der Waals surface area contributed by atoms with Gasteiger partial charge in [-0.15, -0.1) is 0 Å². The Morgan fingerprint density at radius 2 is 1.89 bits per heavy atom. The topological polar surface area (TPSA) is 84.2 Å². The predicted octanol–water partition coefficient (Wildman–Crippen LogP) is 1.17. The number of carbonyl (C=O) groups excluding carboxylic acids is 1. The summed E-state index contributed by atoms with van der Waals surface area (Å²) in [4.78, 5) is 27.9. The Labute approximate surface area is 103 Å². The van der Waals surface area contributed by atoms with Crippen molar-refractivity contribution in [2.45, 2.75) is 0 Å². The number of methoxy groups -OCH3 is 2. The average Bonchev–Trinajstić information content (AvgIpc) is 2.79. The van der Waals surface area contributed by atoms with Gasteiger partial charge in [-0.25, -0.2) is 9.59 Å². The first-order valence-corrected chi connectivity index (χ1v) is 5.21. The number of imidazole rings is 1. The maximum Gasteiger partial charge on any atom is 0.356 e. The summed E-state index contributed by atoms with van der Waals surface area (Å²) in [6.07, 6.45) is 0. The minimum atomic E-state index is -0.616. The lowest BCUT2D eigenvalue weighted by Crippen LogP contribution is -2.06. The van der Waals surface area contributed by atoms with E-state index >= 15 is 0 Å². The summed E-state index contributed by atoms with van der Waals surface area (Å²) in [5.74, 6) is -0.0628. The molecule has 2 N–H and O–H groups in total. The molecule has 0 unspecified atom stereocenters. The van der Waals surface area contributed by atoms with Crippen molar-refractivity contribution in [2.24, 2.45) is 0 Å². The number of nitrogens with one attached hydrogen (secondary N) is 2. The SMILES string of the molecule is COC(=O)c1[nH]c(=O)[nH]c1-c1ccccc1OC. The third-order valence-corrected chi connectivity index (χ3v) is 2.49. The molecule has 0 aliphatic carbocycles. The van der Waals surface area contributed by atoms with Crippen molar-refractivity contribution < 1.29 is 14.3 Å². The predicted molar refractivity (Wildman–Crippen MR) is 64.7 cm³/mol. The van der Waals surface area contributed by atoms with E-state index in [1.54, 1.807) is 24.3 Å². The Bertz CT molecular complexity index is 627. The van der Waals surface area contributed by atoms with E-state index in [1.165, 1.54) is 14.2 Å². The van der Waals surface area contributed by atoms with Crippen LogP contribution < -0.4 is 10.4 Å². The Hall–Kier alpha value is -2.50. The Morgan fingerprint density at radius 1 is 1.17 bits per heavy atom. The Kier molecular flexibility index (Phi) is 3.18. The molecule has 0 aliphatic rings. The number of esters is 1. The third kappa shape index (κ3) is 2.00. The van der Waals surface area contributed by atoms with Crippen LogP contribution >= 0.6 is 0 Å². The number of rotatable bonds is 3. The van der Waals surface area contributed by atoms with Crippen LogP contribution in [-0.2, 0) is 4.74 Å². The van der Waals surface area contributed by atoms with Crippen LogP contribution in [0.5, 0.6) is 5.75 Å². The van der Waals surface area contributed by atoms with Crippen LogP contribution in [0, 0.1) is 0 Å². The molecule has 0 spiro atoms. The van der Waals surface area contributed by atoms with E-state index < -0.39 is 11.7 Å². The van der Waals surface area contributed by atoms with Gasteiger partial charge in [0, 0.05) is 5.56 Å². The number of hydrogen-bond donors (Lipinski definition) is 2. The van der Waals surface area contributed by atoms with Crippen molar-refractivity contribution in [1.82, 2.24) is 9.97 Å². The molecule has 1 aromatic carbocycles. The van der Waals surface area contributed by atoms with Crippen molar-refractivity contribution in [3.8, 4) is 17.0 Å². The quantitative estimate of drug-likeness (QED) is 0.798. The minimum absolute atomic E-state index is 0.0759. The molecule has 0 fully saturated rings. The maximum absolute atomic E-state index is 11.6. The van der Waals surface area contributed by atoms with Crippen molar-refractivity contribution in [2.75, 3.05) is 14.2 Å². The first-order chi connectivity index (χ1) is 8.67. The van der Waals surface area contributed by atoms with Gasteiger partial charge < -0.3 is 14.5 Å². The number of H-pyrrole nitrogens is 2. The molecule has 0 bridgehead atoms. The molecule has 1 heterocycles. The summed E-state index contributed by atoms with van der Waals surface area (Å²) >= 11 is 0. The van der Waals surface area contributed by atoms with Crippen molar-refractivity contribution >= 4 is 5.97 Å². The second kappa shape index (κ2) is 4.79. The molecule has 2 rings (SSSR count). The number of aromatic nitrogens is 2. The van der Waals surface area contributed by atoms with Gasteiger partial charge in [0.15, 0.2) is 5.69 Å². The largest absolute Gasteiger partial charge is 0.496 e. The number of aromatic amines is 2. The fourth-order valence-electron chi connectivity index (χ4n) is 1.69. The standard InChI is InChI=1S/C12H12N2O4/c1-17-8-6-4-3-5-7(8)9-10(11(15)18-2)14-12(16)13-9/h3-6H,1-2H3,(H2,13,14,16). The average molecular weight is 248 g/mol. The molecule has 94 valence electrons. The van der Waals surface area contributed by atoms with Gasteiger partial charge in [0.25, 0.3) is 0 Å². The first kappa shape index (κ1) is 12.0. The highest BCUT2D eigenvalue weighted by atomic mass is 16.5. The van der Waals surface area contributed by atoms with Gasteiger partial charge in [-0.05, 0) is 12.1 Å². The highest BCUT2D eigenvalue weighted by Crippen LogP contribution is 2.29. The molecule has 6 nitrogen and oxygen atoms in total. The highest BCUT2D eigenvalue weighted by Gasteiger charge is 2.19. The van der Waals surface area contributed by atoms with Crippen LogP contribution in [0.3, 0.4) is 0 Å². The van der Waals surface area contributed by atoms with Crippen molar-refractivity contribution in [1.29, 1.82) is 0 Å². The lowest BCUT2D eigenvalue weighted by atomic mass is 10.1. The van der Waals surface area contributed by atoms with Gasteiger partial charge in [-0.3, -0.25) is 4.98 Å². The van der Waals surface area contributed by atoms with E-state index in [9.17, 15) is 9.59 Å². The molecular weight excluding hydrogens is 236 g/mol. The number of carbonyl (C=O) groups is 1. The molecule has 6 heteroatoms. The molecule has 2 aromatic rings. The fourth-order valence-corrected chi connectivity index (χ4v) is 1.69. The zero-order chi connectivity index (χ0) is 13.1. The van der Waals surface area contributed by atoms with Gasteiger partial charge >= 0.3 is 11.7 Å². The Morgan fingerprint density at radius 3 is 2.56 bits per heavy atom. The molecule has 0 atom stereocenters. The zero-order valence-corrected chi connectivity index (χ0v) is 9.94. The zero-order valence-electron chi connectivity index (χ0n) is 9.94. The monoisotopic (exact) mass is 248 g/mol. The molecule has 0 radical (unpaired) electrons. The number of hydrogen-bond acceptors (Lipinski definition) is 4. The molecule has 0 saturated heterocycles. The van der Waals surface area contributed by atoms with Crippen LogP contribution in [-0.4, -0.2) is 30.2 Å². The van der Waals surface area contributed by atoms with E-state index in [4.69, 9.17) is 4.74 Å². The molecular formula is C12H12N2O4. The lowest BCUT2D eigenvalue weighted by Gasteiger charge is -2.07. The Balaban J connectivity index is 2.63. The lowest BCUT2D eigenvalue weighted by molar-refractivity contribution is 0.0595. The van der Waals surface area contributed by atoms with E-state index in [0.717, 1.165) is 0 Å². The minimum Gasteiger partial charge on any atom is -0.496 e. The molecule has 0 saturated carbocycles. The van der Waals surface area contributed by atoms with E-state index in [2.05, 4.69) is 14.7 Å². The summed E-state index contributed by atoms with van der Waals surface area (Å²) in [5.41, 5.74) is 0.561. The van der Waals surface area contributed by atoms with E-state index in [0.29, 0.717) is 17.0 Å². The summed E-state index contributed by atoms with van der Waals surface area (Å²) in [7, 11) is 2.76. The fraction of sp³-hybridized carbons (Fsp3) is 0.167. The van der Waals surface area contributed by atoms with Gasteiger partial charge in [0.2, 0.25) is 0 Å². The normalized spacial score (nSPS) is 10.1. The van der Waals surface area contributed by atoms with E-state index in [1.807, 2.05) is 0 Å². The second-order valence-corrected chi connectivity index (χ2v) is 3.52. The van der Waals surface area contributed by atoms with Gasteiger partial charge in [-0.2, -0.15) is 0 Å². The summed E-state index contributed by atoms with van der Waals surface area (Å²) in [6.45, 7) is 0. The van der Waals surface area contributed by atoms with Crippen molar-refractivity contribution in [3.63, 3.8) is 0 Å². The van der Waals surface area contributed by atoms with Crippen LogP contribution in [0.15, 0.2) is 29.1 Å². The molecule has 0 amide bonds. The number of benzene rings is 1. The second-order valence-electron chi connectivity index (χ2n) is 3.52. The van der Waals surface area contributed by atoms with Gasteiger partial charge in [0.05, 0.1) is 19.9 Å². The summed E-state index contributed by atoms with van der Waals surface area (Å²) in [5, 5.41) is 0. The molecule has 18 heavy (non-hydrogen) atoms. The first-order valence-electron chi connectivity index (χ1n) is 5.21. The van der Waals surface area contributed by atoms with E-state index in [-0.39, 0.29) is 5.69 Å². The highest BCUT2D eigenvalue weighted by molar-refractivity contribution is 5.94. The maximum atomic E-state index is 11.6. The number of ether oxygens (including phenoxy) is 2.